The molecule has 0 saturated carbocycles. The molecular weight excluding hydrogens is 280 g/mol. The average Bonchev–Trinajstić information content (AvgIpc) is 2.43. The minimum Gasteiger partial charge on any atom is -0.480 e. The Labute approximate surface area is 122 Å². The summed E-state index contributed by atoms with van der Waals surface area (Å²) < 4.78 is 0. The van der Waals surface area contributed by atoms with Crippen molar-refractivity contribution in [3.05, 3.63) is 28.8 Å². The summed E-state index contributed by atoms with van der Waals surface area (Å²) in [4.78, 5) is 24.7. The van der Waals surface area contributed by atoms with Crippen LogP contribution in [-0.2, 0) is 4.79 Å². The highest BCUT2D eigenvalue weighted by molar-refractivity contribution is 6.31. The van der Waals surface area contributed by atoms with Gasteiger partial charge in [0.05, 0.1) is 0 Å². The number of carbonyl (C=O) groups excluding carboxylic acids is 1. The fourth-order valence-corrected chi connectivity index (χ4v) is 2.48. The van der Waals surface area contributed by atoms with E-state index in [1.54, 1.807) is 12.1 Å². The molecule has 0 aromatic heterocycles. The number of carbonyl (C=O) groups is 2. The summed E-state index contributed by atoms with van der Waals surface area (Å²) in [5.74, 6) is -0.957. The fraction of sp³-hybridized carbons (Fsp3) is 0.429. The van der Waals surface area contributed by atoms with Crippen LogP contribution in [0.2, 0.25) is 5.02 Å². The maximum atomic E-state index is 12.2. The van der Waals surface area contributed by atoms with E-state index in [2.05, 4.69) is 5.32 Å². The number of nitrogens with zero attached hydrogens (tertiary/aromatic N) is 1. The summed E-state index contributed by atoms with van der Waals surface area (Å²) in [7, 11) is 0. The molecule has 1 aliphatic heterocycles. The minimum atomic E-state index is -0.957. The number of amides is 2. The van der Waals surface area contributed by atoms with Gasteiger partial charge in [-0.15, -0.1) is 0 Å². The first-order valence-electron chi connectivity index (χ1n) is 6.55. The third-order valence-electron chi connectivity index (χ3n) is 3.47. The number of anilines is 1. The zero-order valence-electron chi connectivity index (χ0n) is 11.2. The molecule has 1 aromatic rings. The van der Waals surface area contributed by atoms with Gasteiger partial charge in [-0.1, -0.05) is 17.7 Å². The van der Waals surface area contributed by atoms with Gasteiger partial charge in [-0.25, -0.2) is 9.59 Å². The molecule has 1 saturated heterocycles. The number of likely N-dealkylation sites (tertiary alicyclic amines) is 1. The van der Waals surface area contributed by atoms with Crippen molar-refractivity contribution >= 4 is 29.3 Å². The molecule has 6 heteroatoms. The monoisotopic (exact) mass is 296 g/mol. The van der Waals surface area contributed by atoms with Crippen LogP contribution in [0.25, 0.3) is 0 Å². The zero-order chi connectivity index (χ0) is 14.7. The van der Waals surface area contributed by atoms with Crippen LogP contribution >= 0.6 is 11.6 Å². The second-order valence-corrected chi connectivity index (χ2v) is 5.34. The third-order valence-corrected chi connectivity index (χ3v) is 3.88. The number of hydrogen-bond acceptors (Lipinski definition) is 2. The standard InChI is InChI=1S/C14H17ClN2O3/c1-9-5-6-10(8-11(9)15)16-14(20)17-7-3-2-4-12(17)13(18)19/h5-6,8,12H,2-4,7H2,1H3,(H,16,20)(H,18,19)/t12-/m1/s1. The van der Waals surface area contributed by atoms with Crippen molar-refractivity contribution in [1.29, 1.82) is 0 Å². The molecular formula is C14H17ClN2O3. The van der Waals surface area contributed by atoms with E-state index in [0.29, 0.717) is 23.7 Å². The van der Waals surface area contributed by atoms with Crippen LogP contribution < -0.4 is 5.32 Å². The molecule has 1 aromatic carbocycles. The number of aliphatic carboxylic acids is 1. The second-order valence-electron chi connectivity index (χ2n) is 4.94. The minimum absolute atomic E-state index is 0.392. The second kappa shape index (κ2) is 6.13. The Balaban J connectivity index is 2.09. The van der Waals surface area contributed by atoms with Gasteiger partial charge >= 0.3 is 12.0 Å². The molecule has 2 N–H and O–H groups in total. The van der Waals surface area contributed by atoms with Crippen LogP contribution in [0, 0.1) is 6.92 Å². The van der Waals surface area contributed by atoms with Gasteiger partial charge in [0.2, 0.25) is 0 Å². The smallest absolute Gasteiger partial charge is 0.326 e. The van der Waals surface area contributed by atoms with Gasteiger partial charge in [0.1, 0.15) is 6.04 Å². The van der Waals surface area contributed by atoms with Crippen LogP contribution in [0.1, 0.15) is 24.8 Å². The quantitative estimate of drug-likeness (QED) is 0.881. The van der Waals surface area contributed by atoms with Crippen molar-refractivity contribution in [3.63, 3.8) is 0 Å². The van der Waals surface area contributed by atoms with Gasteiger partial charge < -0.3 is 15.3 Å². The van der Waals surface area contributed by atoms with Crippen molar-refractivity contribution in [1.82, 2.24) is 4.90 Å². The lowest BCUT2D eigenvalue weighted by molar-refractivity contribution is -0.143. The number of aryl methyl sites for hydroxylation is 1. The lowest BCUT2D eigenvalue weighted by atomic mass is 10.0. The van der Waals surface area contributed by atoms with Crippen molar-refractivity contribution in [3.8, 4) is 0 Å². The first kappa shape index (κ1) is 14.7. The van der Waals surface area contributed by atoms with E-state index in [0.717, 1.165) is 18.4 Å². The first-order valence-corrected chi connectivity index (χ1v) is 6.93. The predicted molar refractivity (Wildman–Crippen MR) is 77.2 cm³/mol. The molecule has 1 fully saturated rings. The third kappa shape index (κ3) is 3.22. The molecule has 20 heavy (non-hydrogen) atoms. The van der Waals surface area contributed by atoms with Crippen molar-refractivity contribution in [2.45, 2.75) is 32.2 Å². The van der Waals surface area contributed by atoms with Gasteiger partial charge in [0.15, 0.2) is 0 Å². The van der Waals surface area contributed by atoms with Gasteiger partial charge in [0.25, 0.3) is 0 Å². The van der Waals surface area contributed by atoms with Crippen LogP contribution in [0.4, 0.5) is 10.5 Å². The molecule has 1 atom stereocenters. The summed E-state index contributed by atoms with van der Waals surface area (Å²) in [5.41, 5.74) is 1.49. The number of benzene rings is 1. The lowest BCUT2D eigenvalue weighted by Crippen LogP contribution is -2.49. The SMILES string of the molecule is Cc1ccc(NC(=O)N2CCCC[C@@H]2C(=O)O)cc1Cl. The number of halogens is 1. The molecule has 0 aliphatic carbocycles. The topological polar surface area (TPSA) is 69.6 Å². The Hall–Kier alpha value is -1.75. The summed E-state index contributed by atoms with van der Waals surface area (Å²) in [6.45, 7) is 2.33. The van der Waals surface area contributed by atoms with E-state index in [1.807, 2.05) is 13.0 Å². The molecule has 1 heterocycles. The van der Waals surface area contributed by atoms with E-state index in [1.165, 1.54) is 4.90 Å². The molecule has 1 aliphatic rings. The number of piperidine rings is 1. The van der Waals surface area contributed by atoms with Gasteiger partial charge in [-0.05, 0) is 43.9 Å². The maximum Gasteiger partial charge on any atom is 0.326 e. The van der Waals surface area contributed by atoms with Gasteiger partial charge in [0, 0.05) is 17.3 Å². The normalized spacial score (nSPS) is 18.7. The fourth-order valence-electron chi connectivity index (χ4n) is 2.30. The van der Waals surface area contributed by atoms with Crippen LogP contribution in [0.5, 0.6) is 0 Å². The maximum absolute atomic E-state index is 12.2. The first-order chi connectivity index (χ1) is 9.49. The van der Waals surface area contributed by atoms with Crippen LogP contribution in [-0.4, -0.2) is 34.6 Å². The van der Waals surface area contributed by atoms with Gasteiger partial charge in [-0.3, -0.25) is 0 Å². The highest BCUT2D eigenvalue weighted by atomic mass is 35.5. The lowest BCUT2D eigenvalue weighted by Gasteiger charge is -2.32. The number of rotatable bonds is 2. The largest absolute Gasteiger partial charge is 0.480 e. The van der Waals surface area contributed by atoms with Gasteiger partial charge in [-0.2, -0.15) is 0 Å². The summed E-state index contributed by atoms with van der Waals surface area (Å²) >= 11 is 6.00. The predicted octanol–water partition coefficient (Wildman–Crippen LogP) is 3.12. The Morgan fingerprint density at radius 1 is 1.40 bits per heavy atom. The van der Waals surface area contributed by atoms with E-state index in [4.69, 9.17) is 16.7 Å². The molecule has 0 spiro atoms. The highest BCUT2D eigenvalue weighted by Crippen LogP contribution is 2.22. The Morgan fingerprint density at radius 3 is 2.80 bits per heavy atom. The van der Waals surface area contributed by atoms with E-state index < -0.39 is 18.0 Å². The van der Waals surface area contributed by atoms with Crippen molar-refractivity contribution in [2.24, 2.45) is 0 Å². The Bertz CT molecular complexity index is 533. The molecule has 5 nitrogen and oxygen atoms in total. The van der Waals surface area contributed by atoms with E-state index >= 15 is 0 Å². The average molecular weight is 297 g/mol. The summed E-state index contributed by atoms with van der Waals surface area (Å²) in [6, 6.07) is 4.08. The van der Waals surface area contributed by atoms with E-state index in [9.17, 15) is 9.59 Å². The van der Waals surface area contributed by atoms with Crippen LogP contribution in [0.3, 0.4) is 0 Å². The number of carboxylic acid groups (broad SMARTS) is 1. The molecule has 0 radical (unpaired) electrons. The van der Waals surface area contributed by atoms with Crippen molar-refractivity contribution < 1.29 is 14.7 Å². The number of hydrogen-bond donors (Lipinski definition) is 2. The zero-order valence-corrected chi connectivity index (χ0v) is 12.0. The number of nitrogens with one attached hydrogen (secondary N) is 1. The summed E-state index contributed by atoms with van der Waals surface area (Å²) in [6.07, 6.45) is 2.15. The summed E-state index contributed by atoms with van der Waals surface area (Å²) in [5, 5.41) is 12.4. The number of carboxylic acids is 1. The van der Waals surface area contributed by atoms with Crippen molar-refractivity contribution in [2.75, 3.05) is 11.9 Å². The molecule has 2 amide bonds. The highest BCUT2D eigenvalue weighted by Gasteiger charge is 2.31. The van der Waals surface area contributed by atoms with E-state index in [-0.39, 0.29) is 0 Å². The molecule has 108 valence electrons. The molecule has 0 unspecified atom stereocenters. The number of urea groups is 1. The Morgan fingerprint density at radius 2 is 2.15 bits per heavy atom. The Kier molecular flexibility index (Phi) is 4.49. The van der Waals surface area contributed by atoms with Crippen LogP contribution in [0.15, 0.2) is 18.2 Å². The molecule has 0 bridgehead atoms. The molecule has 2 rings (SSSR count).